The number of unbranched alkanes of at least 4 members (excludes halogenated alkanes) is 10. The van der Waals surface area contributed by atoms with Gasteiger partial charge in [0, 0.05) is 0 Å². The summed E-state index contributed by atoms with van der Waals surface area (Å²) in [6, 6.07) is 0. The molecule has 1 aliphatic carbocycles. The highest BCUT2D eigenvalue weighted by molar-refractivity contribution is 4.63. The first-order chi connectivity index (χ1) is 11.4. The van der Waals surface area contributed by atoms with Gasteiger partial charge in [0.25, 0.3) is 0 Å². The van der Waals surface area contributed by atoms with Crippen LogP contribution in [0, 0.1) is 5.92 Å². The largest absolute Gasteiger partial charge is 0.0654 e. The monoisotopic (exact) mass is 322 g/mol. The minimum Gasteiger partial charge on any atom is -0.0654 e. The molecule has 0 radical (unpaired) electrons. The van der Waals surface area contributed by atoms with Crippen molar-refractivity contribution in [1.29, 1.82) is 0 Å². The summed E-state index contributed by atoms with van der Waals surface area (Å²) < 4.78 is 0. The van der Waals surface area contributed by atoms with Crippen LogP contribution in [-0.2, 0) is 0 Å². The van der Waals surface area contributed by atoms with Gasteiger partial charge in [0.15, 0.2) is 0 Å². The molecule has 0 aliphatic heterocycles. The molecule has 0 nitrogen and oxygen atoms in total. The highest BCUT2D eigenvalue weighted by atomic mass is 14.2. The fraction of sp³-hybridized carbons (Fsp3) is 1.00. The van der Waals surface area contributed by atoms with Gasteiger partial charge in [-0.05, 0) is 5.92 Å². The Labute approximate surface area is 148 Å². The molecule has 0 bridgehead atoms. The third kappa shape index (κ3) is 14.1. The van der Waals surface area contributed by atoms with E-state index in [1.54, 1.807) is 0 Å². The zero-order chi connectivity index (χ0) is 16.4. The second-order valence-electron chi connectivity index (χ2n) is 8.24. The van der Waals surface area contributed by atoms with E-state index in [-0.39, 0.29) is 0 Å². The summed E-state index contributed by atoms with van der Waals surface area (Å²) in [5.74, 6) is 1.08. The topological polar surface area (TPSA) is 0 Å². The molecule has 1 saturated carbocycles. The van der Waals surface area contributed by atoms with E-state index in [2.05, 4.69) is 6.92 Å². The predicted molar refractivity (Wildman–Crippen MR) is 106 cm³/mol. The Morgan fingerprint density at radius 1 is 0.478 bits per heavy atom. The van der Waals surface area contributed by atoms with Crippen molar-refractivity contribution in [3.8, 4) is 0 Å². The molecule has 1 rings (SSSR count). The van der Waals surface area contributed by atoms with E-state index in [4.69, 9.17) is 0 Å². The normalized spacial score (nSPS) is 18.1. The molecule has 23 heavy (non-hydrogen) atoms. The van der Waals surface area contributed by atoms with Crippen LogP contribution < -0.4 is 0 Å². The van der Waals surface area contributed by atoms with Gasteiger partial charge >= 0.3 is 0 Å². The molecule has 0 aromatic heterocycles. The van der Waals surface area contributed by atoms with Crippen LogP contribution >= 0.6 is 0 Å². The van der Waals surface area contributed by atoms with E-state index >= 15 is 0 Å². The summed E-state index contributed by atoms with van der Waals surface area (Å²) >= 11 is 0. The lowest BCUT2D eigenvalue weighted by Gasteiger charge is -2.18. The lowest BCUT2D eigenvalue weighted by molar-refractivity contribution is 0.356. The predicted octanol–water partition coefficient (Wildman–Crippen LogP) is 8.83. The Kier molecular flexibility index (Phi) is 15.4. The summed E-state index contributed by atoms with van der Waals surface area (Å²) in [5.41, 5.74) is 0. The zero-order valence-corrected chi connectivity index (χ0v) is 16.4. The Morgan fingerprint density at radius 2 is 0.870 bits per heavy atom. The highest BCUT2D eigenvalue weighted by Crippen LogP contribution is 2.26. The molecule has 1 aliphatic rings. The number of hydrogen-bond acceptors (Lipinski definition) is 0. The Bertz CT molecular complexity index is 210. The lowest BCUT2D eigenvalue weighted by atomic mass is 9.88. The average Bonchev–Trinajstić information content (AvgIpc) is 2.58. The van der Waals surface area contributed by atoms with Gasteiger partial charge in [-0.15, -0.1) is 0 Å². The van der Waals surface area contributed by atoms with E-state index < -0.39 is 0 Å². The van der Waals surface area contributed by atoms with E-state index in [1.165, 1.54) is 135 Å². The maximum absolute atomic E-state index is 2.31. The summed E-state index contributed by atoms with van der Waals surface area (Å²) in [6.45, 7) is 2.31. The van der Waals surface area contributed by atoms with E-state index in [1.807, 2.05) is 0 Å². The van der Waals surface area contributed by atoms with Gasteiger partial charge in [-0.3, -0.25) is 0 Å². The molecule has 0 aromatic carbocycles. The first-order valence-electron chi connectivity index (χ1n) is 11.4. The molecule has 0 unspecified atom stereocenters. The van der Waals surface area contributed by atoms with Crippen molar-refractivity contribution in [3.63, 3.8) is 0 Å². The highest BCUT2D eigenvalue weighted by Gasteiger charge is 2.09. The molecule has 0 heterocycles. The van der Waals surface area contributed by atoms with Gasteiger partial charge in [0.2, 0.25) is 0 Å². The molecule has 0 heteroatoms. The maximum atomic E-state index is 2.31. The van der Waals surface area contributed by atoms with Crippen LogP contribution in [-0.4, -0.2) is 0 Å². The Hall–Kier alpha value is 0. The van der Waals surface area contributed by atoms with Crippen LogP contribution in [0.25, 0.3) is 0 Å². The second kappa shape index (κ2) is 16.8. The smallest absolute Gasteiger partial charge is 0.0414 e. The minimum absolute atomic E-state index is 1.08. The van der Waals surface area contributed by atoms with Crippen LogP contribution in [0.3, 0.4) is 0 Å². The van der Waals surface area contributed by atoms with Crippen molar-refractivity contribution in [3.05, 3.63) is 0 Å². The second-order valence-corrected chi connectivity index (χ2v) is 8.24. The van der Waals surface area contributed by atoms with Gasteiger partial charge in [0.1, 0.15) is 0 Å². The molecule has 138 valence electrons. The summed E-state index contributed by atoms with van der Waals surface area (Å²) in [7, 11) is 0. The van der Waals surface area contributed by atoms with E-state index in [9.17, 15) is 0 Å². The molecular formula is C23H46. The maximum Gasteiger partial charge on any atom is -0.0414 e. The van der Waals surface area contributed by atoms with Crippen LogP contribution in [0.2, 0.25) is 0 Å². The summed E-state index contributed by atoms with van der Waals surface area (Å²) in [5, 5.41) is 0. The first-order valence-corrected chi connectivity index (χ1v) is 11.4. The van der Waals surface area contributed by atoms with Crippen LogP contribution in [0.5, 0.6) is 0 Å². The quantitative estimate of drug-likeness (QED) is 0.315. The van der Waals surface area contributed by atoms with E-state index in [0.29, 0.717) is 0 Å². The first kappa shape index (κ1) is 21.0. The molecular weight excluding hydrogens is 276 g/mol. The molecule has 0 amide bonds. The summed E-state index contributed by atoms with van der Waals surface area (Å²) in [6.07, 6.45) is 31.5. The molecule has 1 fully saturated rings. The standard InChI is InChI=1S/C23H46/c1-2-3-4-5-6-7-8-9-11-14-17-20-23-21-18-15-12-10-13-16-19-22-23/h23H,2-22H2,1H3. The van der Waals surface area contributed by atoms with E-state index in [0.717, 1.165) is 5.92 Å². The van der Waals surface area contributed by atoms with Gasteiger partial charge in [-0.1, -0.05) is 142 Å². The number of hydrogen-bond donors (Lipinski definition) is 0. The van der Waals surface area contributed by atoms with Gasteiger partial charge < -0.3 is 0 Å². The van der Waals surface area contributed by atoms with Crippen LogP contribution in [0.1, 0.15) is 142 Å². The molecule has 0 N–H and O–H groups in total. The van der Waals surface area contributed by atoms with Crippen molar-refractivity contribution >= 4 is 0 Å². The van der Waals surface area contributed by atoms with Gasteiger partial charge in [0.05, 0.1) is 0 Å². The SMILES string of the molecule is CCCCCCCCCCCCCC1CCCCCCCCC1. The van der Waals surface area contributed by atoms with Crippen molar-refractivity contribution in [2.24, 2.45) is 5.92 Å². The Balaban J connectivity index is 1.86. The van der Waals surface area contributed by atoms with Crippen molar-refractivity contribution in [2.45, 2.75) is 142 Å². The van der Waals surface area contributed by atoms with Gasteiger partial charge in [-0.2, -0.15) is 0 Å². The van der Waals surface area contributed by atoms with Crippen LogP contribution in [0.15, 0.2) is 0 Å². The molecule has 0 atom stereocenters. The third-order valence-corrected chi connectivity index (χ3v) is 5.94. The molecule has 0 aromatic rings. The van der Waals surface area contributed by atoms with Crippen molar-refractivity contribution in [1.82, 2.24) is 0 Å². The Morgan fingerprint density at radius 3 is 1.35 bits per heavy atom. The fourth-order valence-corrected chi connectivity index (χ4v) is 4.28. The van der Waals surface area contributed by atoms with Crippen LogP contribution in [0.4, 0.5) is 0 Å². The van der Waals surface area contributed by atoms with Gasteiger partial charge in [-0.25, -0.2) is 0 Å². The number of rotatable bonds is 12. The summed E-state index contributed by atoms with van der Waals surface area (Å²) in [4.78, 5) is 0. The lowest BCUT2D eigenvalue weighted by Crippen LogP contribution is -2.02. The minimum atomic E-state index is 1.08. The van der Waals surface area contributed by atoms with Crippen molar-refractivity contribution in [2.75, 3.05) is 0 Å². The average molecular weight is 323 g/mol. The molecule has 0 spiro atoms. The third-order valence-electron chi connectivity index (χ3n) is 5.94. The van der Waals surface area contributed by atoms with Crippen molar-refractivity contribution < 1.29 is 0 Å². The fourth-order valence-electron chi connectivity index (χ4n) is 4.28. The molecule has 0 saturated heterocycles. The zero-order valence-electron chi connectivity index (χ0n) is 16.4.